The monoisotopic (exact) mass is 383 g/mol. The zero-order valence-electron chi connectivity index (χ0n) is 13.6. The molecule has 25 heavy (non-hydrogen) atoms. The third-order valence-electron chi connectivity index (χ3n) is 4.91. The Morgan fingerprint density at radius 2 is 2.04 bits per heavy atom. The predicted molar refractivity (Wildman–Crippen MR) is 93.6 cm³/mol. The molecule has 0 saturated heterocycles. The van der Waals surface area contributed by atoms with Gasteiger partial charge < -0.3 is 0 Å². The quantitative estimate of drug-likeness (QED) is 0.882. The fourth-order valence-electron chi connectivity index (χ4n) is 3.40. The van der Waals surface area contributed by atoms with Crippen LogP contribution in [0.4, 0.5) is 4.39 Å². The van der Waals surface area contributed by atoms with Crippen LogP contribution in [0.2, 0.25) is 5.02 Å². The second-order valence-electron chi connectivity index (χ2n) is 6.73. The van der Waals surface area contributed by atoms with Gasteiger partial charge in [0.2, 0.25) is 10.0 Å². The topological polar surface area (TPSA) is 66.1 Å². The third kappa shape index (κ3) is 3.45. The maximum absolute atomic E-state index is 13.4. The van der Waals surface area contributed by atoms with E-state index in [0.29, 0.717) is 37.4 Å². The zero-order chi connectivity index (χ0) is 17.6. The SMILES string of the molecule is O=S(=O)(Cc1cc(F)ccc1Cl)N1CCc2[nH]nc(C3CC3)c2CC1. The summed E-state index contributed by atoms with van der Waals surface area (Å²) in [6.45, 7) is 0.816. The largest absolute Gasteiger partial charge is 0.282 e. The van der Waals surface area contributed by atoms with Crippen LogP contribution in [-0.2, 0) is 28.6 Å². The van der Waals surface area contributed by atoms with Gasteiger partial charge in [-0.1, -0.05) is 11.6 Å². The minimum Gasteiger partial charge on any atom is -0.282 e. The number of halogens is 2. The third-order valence-corrected chi connectivity index (χ3v) is 7.11. The number of aromatic amines is 1. The molecular formula is C17H19ClFN3O2S. The van der Waals surface area contributed by atoms with Crippen molar-refractivity contribution in [1.82, 2.24) is 14.5 Å². The summed E-state index contributed by atoms with van der Waals surface area (Å²) in [6, 6.07) is 3.81. The lowest BCUT2D eigenvalue weighted by atomic mass is 10.1. The summed E-state index contributed by atoms with van der Waals surface area (Å²) in [4.78, 5) is 0. The Bertz CT molecular complexity index is 909. The molecule has 1 aromatic heterocycles. The lowest BCUT2D eigenvalue weighted by Crippen LogP contribution is -2.34. The summed E-state index contributed by atoms with van der Waals surface area (Å²) in [6.07, 6.45) is 3.60. The number of sulfonamides is 1. The van der Waals surface area contributed by atoms with Gasteiger partial charge in [-0.3, -0.25) is 5.10 Å². The van der Waals surface area contributed by atoms with Crippen molar-refractivity contribution in [3.63, 3.8) is 0 Å². The maximum atomic E-state index is 13.4. The standard InChI is InChI=1S/C17H19ClFN3O2S/c18-15-4-3-13(19)9-12(15)10-25(23,24)22-7-5-14-16(6-8-22)20-21-17(14)11-1-2-11/h3-4,9,11H,1-2,5-8,10H2,(H,20,21). The lowest BCUT2D eigenvalue weighted by molar-refractivity contribution is 0.424. The number of nitrogens with one attached hydrogen (secondary N) is 1. The summed E-state index contributed by atoms with van der Waals surface area (Å²) < 4.78 is 40.5. The van der Waals surface area contributed by atoms with Crippen LogP contribution in [0, 0.1) is 5.82 Å². The Morgan fingerprint density at radius 3 is 2.80 bits per heavy atom. The molecule has 0 bridgehead atoms. The molecule has 134 valence electrons. The highest BCUT2D eigenvalue weighted by Gasteiger charge is 2.33. The molecule has 1 N–H and O–H groups in total. The van der Waals surface area contributed by atoms with Gasteiger partial charge in [-0.25, -0.2) is 17.1 Å². The molecule has 0 atom stereocenters. The fourth-order valence-corrected chi connectivity index (χ4v) is 5.22. The van der Waals surface area contributed by atoms with Crippen LogP contribution in [0.1, 0.15) is 41.3 Å². The average molecular weight is 384 g/mol. The van der Waals surface area contributed by atoms with Crippen molar-refractivity contribution in [2.45, 2.75) is 37.4 Å². The van der Waals surface area contributed by atoms with E-state index < -0.39 is 15.8 Å². The number of fused-ring (bicyclic) bond motifs is 1. The van der Waals surface area contributed by atoms with E-state index in [1.165, 1.54) is 28.1 Å². The predicted octanol–water partition coefficient (Wildman–Crippen LogP) is 3.01. The number of nitrogens with zero attached hydrogens (tertiary/aromatic N) is 2. The van der Waals surface area contributed by atoms with Gasteiger partial charge in [0, 0.05) is 36.1 Å². The number of H-pyrrole nitrogens is 1. The zero-order valence-corrected chi connectivity index (χ0v) is 15.2. The van der Waals surface area contributed by atoms with Crippen molar-refractivity contribution >= 4 is 21.6 Å². The van der Waals surface area contributed by atoms with Gasteiger partial charge in [0.05, 0.1) is 11.4 Å². The van der Waals surface area contributed by atoms with E-state index in [1.807, 2.05) is 0 Å². The smallest absolute Gasteiger partial charge is 0.218 e. The van der Waals surface area contributed by atoms with Crippen LogP contribution < -0.4 is 0 Å². The molecule has 1 aliphatic heterocycles. The van der Waals surface area contributed by atoms with E-state index >= 15 is 0 Å². The maximum Gasteiger partial charge on any atom is 0.218 e. The normalized spacial score (nSPS) is 18.8. The van der Waals surface area contributed by atoms with Gasteiger partial charge in [-0.2, -0.15) is 5.10 Å². The molecule has 2 aliphatic rings. The molecule has 0 spiro atoms. The minimum absolute atomic E-state index is 0.269. The molecule has 0 radical (unpaired) electrons. The Labute approximate surface area is 151 Å². The van der Waals surface area contributed by atoms with Crippen LogP contribution in [0.25, 0.3) is 0 Å². The Balaban J connectivity index is 1.52. The Kier molecular flexibility index (Phi) is 4.33. The Morgan fingerprint density at radius 1 is 1.28 bits per heavy atom. The fraction of sp³-hybridized carbons (Fsp3) is 0.471. The van der Waals surface area contributed by atoms with Crippen molar-refractivity contribution < 1.29 is 12.8 Å². The minimum atomic E-state index is -3.56. The molecule has 1 fully saturated rings. The molecule has 1 aromatic carbocycles. The molecule has 5 nitrogen and oxygen atoms in total. The molecule has 4 rings (SSSR count). The van der Waals surface area contributed by atoms with Gasteiger partial charge in [0.15, 0.2) is 0 Å². The number of hydrogen-bond donors (Lipinski definition) is 1. The second-order valence-corrected chi connectivity index (χ2v) is 9.11. The van der Waals surface area contributed by atoms with Crippen molar-refractivity contribution in [3.05, 3.63) is 51.6 Å². The molecule has 1 aliphatic carbocycles. The molecule has 8 heteroatoms. The van der Waals surface area contributed by atoms with Gasteiger partial charge in [0.25, 0.3) is 0 Å². The Hall–Kier alpha value is -1.44. The van der Waals surface area contributed by atoms with E-state index in [0.717, 1.165) is 24.2 Å². The number of hydrogen-bond acceptors (Lipinski definition) is 3. The lowest BCUT2D eigenvalue weighted by Gasteiger charge is -2.20. The summed E-state index contributed by atoms with van der Waals surface area (Å²) in [7, 11) is -3.56. The number of rotatable bonds is 4. The van der Waals surface area contributed by atoms with Gasteiger partial charge >= 0.3 is 0 Å². The second kappa shape index (κ2) is 6.37. The van der Waals surface area contributed by atoms with Crippen LogP contribution in [0.15, 0.2) is 18.2 Å². The molecule has 1 saturated carbocycles. The van der Waals surface area contributed by atoms with E-state index in [-0.39, 0.29) is 10.8 Å². The van der Waals surface area contributed by atoms with Crippen LogP contribution in [0.3, 0.4) is 0 Å². The molecule has 0 unspecified atom stereocenters. The van der Waals surface area contributed by atoms with E-state index in [9.17, 15) is 12.8 Å². The van der Waals surface area contributed by atoms with Crippen molar-refractivity contribution in [2.75, 3.05) is 13.1 Å². The molecule has 2 heterocycles. The molecule has 2 aromatic rings. The summed E-state index contributed by atoms with van der Waals surface area (Å²) >= 11 is 6.03. The van der Waals surface area contributed by atoms with Crippen molar-refractivity contribution in [1.29, 1.82) is 0 Å². The molecular weight excluding hydrogens is 365 g/mol. The van der Waals surface area contributed by atoms with Gasteiger partial charge in [-0.05, 0) is 48.6 Å². The van der Waals surface area contributed by atoms with Gasteiger partial charge in [-0.15, -0.1) is 0 Å². The first kappa shape index (κ1) is 17.0. The summed E-state index contributed by atoms with van der Waals surface area (Å²) in [5.74, 6) is -0.236. The van der Waals surface area contributed by atoms with Crippen LogP contribution in [-0.4, -0.2) is 36.0 Å². The summed E-state index contributed by atoms with van der Waals surface area (Å²) in [5.41, 5.74) is 3.64. The van der Waals surface area contributed by atoms with E-state index in [1.54, 1.807) is 0 Å². The molecule has 0 amide bonds. The van der Waals surface area contributed by atoms with Crippen molar-refractivity contribution in [2.24, 2.45) is 0 Å². The first-order valence-electron chi connectivity index (χ1n) is 8.42. The highest BCUT2D eigenvalue weighted by atomic mass is 35.5. The van der Waals surface area contributed by atoms with Crippen LogP contribution >= 0.6 is 11.6 Å². The average Bonchev–Trinajstić information content (AvgIpc) is 3.36. The first-order valence-corrected chi connectivity index (χ1v) is 10.4. The number of aromatic nitrogens is 2. The highest BCUT2D eigenvalue weighted by Crippen LogP contribution is 2.41. The summed E-state index contributed by atoms with van der Waals surface area (Å²) in [5, 5.41) is 7.78. The number of benzene rings is 1. The van der Waals surface area contributed by atoms with E-state index in [4.69, 9.17) is 11.6 Å². The van der Waals surface area contributed by atoms with Gasteiger partial charge in [0.1, 0.15) is 5.82 Å². The van der Waals surface area contributed by atoms with E-state index in [2.05, 4.69) is 10.2 Å². The van der Waals surface area contributed by atoms with Crippen molar-refractivity contribution in [3.8, 4) is 0 Å². The van der Waals surface area contributed by atoms with Crippen LogP contribution in [0.5, 0.6) is 0 Å². The highest BCUT2D eigenvalue weighted by molar-refractivity contribution is 7.88. The first-order chi connectivity index (χ1) is 11.9.